The van der Waals surface area contributed by atoms with Gasteiger partial charge in [0.25, 0.3) is 0 Å². The van der Waals surface area contributed by atoms with Gasteiger partial charge in [-0.25, -0.2) is 0 Å². The van der Waals surface area contributed by atoms with Gasteiger partial charge in [0.05, 0.1) is 19.8 Å². The average molecular weight is 373 g/mol. The maximum atomic E-state index is 12.8. The van der Waals surface area contributed by atoms with Crippen LogP contribution in [0.2, 0.25) is 0 Å². The quantitative estimate of drug-likeness (QED) is 0.784. The fourth-order valence-corrected chi connectivity index (χ4v) is 4.01. The third-order valence-electron chi connectivity index (χ3n) is 5.34. The van der Waals surface area contributed by atoms with E-state index in [0.717, 1.165) is 38.4 Å². The zero-order valence-corrected chi connectivity index (χ0v) is 16.7. The van der Waals surface area contributed by atoms with Crippen molar-refractivity contribution in [3.63, 3.8) is 0 Å². The fourth-order valence-electron chi connectivity index (χ4n) is 4.01. The lowest BCUT2D eigenvalue weighted by molar-refractivity contribution is -0.148. The van der Waals surface area contributed by atoms with Crippen LogP contribution in [0.1, 0.15) is 23.6 Å². The summed E-state index contributed by atoms with van der Waals surface area (Å²) in [6.45, 7) is 12.1. The third kappa shape index (κ3) is 5.30. The van der Waals surface area contributed by atoms with E-state index in [4.69, 9.17) is 4.74 Å². The van der Waals surface area contributed by atoms with Gasteiger partial charge in [-0.2, -0.15) is 0 Å². The molecule has 0 spiro atoms. The molecule has 1 atom stereocenters. The number of carbonyl (C=O) groups is 2. The number of rotatable bonds is 5. The molecule has 0 saturated carbocycles. The average Bonchev–Trinajstić information content (AvgIpc) is 2.63. The Morgan fingerprint density at radius 3 is 2.37 bits per heavy atom. The maximum Gasteiger partial charge on any atom is 0.242 e. The van der Waals surface area contributed by atoms with Gasteiger partial charge in [-0.1, -0.05) is 36.2 Å². The number of piperazine rings is 1. The summed E-state index contributed by atoms with van der Waals surface area (Å²) in [6, 6.07) is 6.39. The number of ether oxygens (including phenoxy) is 1. The molecule has 0 N–H and O–H groups in total. The van der Waals surface area contributed by atoms with Crippen molar-refractivity contribution in [2.45, 2.75) is 27.3 Å². The van der Waals surface area contributed by atoms with Crippen molar-refractivity contribution in [2.24, 2.45) is 5.92 Å². The number of benzene rings is 1. The first-order valence-electron chi connectivity index (χ1n) is 9.86. The SMILES string of the molecule is Cc1cc(C)cc(CN2CCN(C(=O)[C@H](C)CN3CCOCC3)CC2=O)c1. The second-order valence-corrected chi connectivity index (χ2v) is 7.89. The number of aryl methyl sites for hydroxylation is 2. The summed E-state index contributed by atoms with van der Waals surface area (Å²) >= 11 is 0. The maximum absolute atomic E-state index is 12.8. The predicted molar refractivity (Wildman–Crippen MR) is 104 cm³/mol. The first-order chi connectivity index (χ1) is 12.9. The second-order valence-electron chi connectivity index (χ2n) is 7.89. The van der Waals surface area contributed by atoms with Crippen LogP contribution in [0.25, 0.3) is 0 Å². The van der Waals surface area contributed by atoms with E-state index in [9.17, 15) is 9.59 Å². The molecule has 0 bridgehead atoms. The molecule has 3 rings (SSSR count). The van der Waals surface area contributed by atoms with Gasteiger partial charge in [-0.05, 0) is 19.4 Å². The summed E-state index contributed by atoms with van der Waals surface area (Å²) in [6.07, 6.45) is 0. The number of morpholine rings is 1. The first-order valence-corrected chi connectivity index (χ1v) is 9.86. The molecule has 2 fully saturated rings. The Kier molecular flexibility index (Phi) is 6.50. The van der Waals surface area contributed by atoms with Crippen molar-refractivity contribution < 1.29 is 14.3 Å². The van der Waals surface area contributed by atoms with Gasteiger partial charge in [0.2, 0.25) is 11.8 Å². The molecule has 0 unspecified atom stereocenters. The lowest BCUT2D eigenvalue weighted by Crippen LogP contribution is -2.54. The van der Waals surface area contributed by atoms with Crippen LogP contribution in [0.3, 0.4) is 0 Å². The van der Waals surface area contributed by atoms with Crippen molar-refractivity contribution in [1.82, 2.24) is 14.7 Å². The molecule has 1 aromatic carbocycles. The molecule has 0 aliphatic carbocycles. The molecule has 0 radical (unpaired) electrons. The van der Waals surface area contributed by atoms with Crippen molar-refractivity contribution in [3.8, 4) is 0 Å². The monoisotopic (exact) mass is 373 g/mol. The minimum Gasteiger partial charge on any atom is -0.379 e. The highest BCUT2D eigenvalue weighted by atomic mass is 16.5. The highest BCUT2D eigenvalue weighted by molar-refractivity contribution is 5.87. The fraction of sp³-hybridized carbons (Fsp3) is 0.619. The molecule has 2 amide bonds. The Morgan fingerprint density at radius 1 is 1.07 bits per heavy atom. The Hall–Kier alpha value is -1.92. The molecular weight excluding hydrogens is 342 g/mol. The molecule has 2 saturated heterocycles. The highest BCUT2D eigenvalue weighted by Gasteiger charge is 2.30. The molecule has 2 heterocycles. The Bertz CT molecular complexity index is 665. The number of amides is 2. The van der Waals surface area contributed by atoms with E-state index in [1.54, 1.807) is 4.90 Å². The minimum atomic E-state index is -0.0955. The number of carbonyl (C=O) groups excluding carboxylic acids is 2. The van der Waals surface area contributed by atoms with Crippen LogP contribution < -0.4 is 0 Å². The largest absolute Gasteiger partial charge is 0.379 e. The van der Waals surface area contributed by atoms with E-state index in [0.29, 0.717) is 19.6 Å². The number of hydrogen-bond donors (Lipinski definition) is 0. The summed E-state index contributed by atoms with van der Waals surface area (Å²) in [5, 5.41) is 0. The molecule has 2 aliphatic rings. The van der Waals surface area contributed by atoms with Crippen molar-refractivity contribution in [2.75, 3.05) is 52.5 Å². The topological polar surface area (TPSA) is 53.1 Å². The minimum absolute atomic E-state index is 0.0346. The molecule has 6 nitrogen and oxygen atoms in total. The van der Waals surface area contributed by atoms with Gasteiger partial charge in [-0.3, -0.25) is 14.5 Å². The van der Waals surface area contributed by atoms with Crippen LogP contribution >= 0.6 is 0 Å². The highest BCUT2D eigenvalue weighted by Crippen LogP contribution is 2.15. The van der Waals surface area contributed by atoms with Crippen LogP contribution in [0.5, 0.6) is 0 Å². The summed E-state index contributed by atoms with van der Waals surface area (Å²) in [4.78, 5) is 31.2. The Balaban J connectivity index is 1.52. The van der Waals surface area contributed by atoms with Gasteiger partial charge >= 0.3 is 0 Å². The van der Waals surface area contributed by atoms with Gasteiger partial charge in [0.15, 0.2) is 0 Å². The van der Waals surface area contributed by atoms with E-state index in [2.05, 4.69) is 36.9 Å². The normalized spacial score (nSPS) is 20.0. The van der Waals surface area contributed by atoms with Gasteiger partial charge in [0, 0.05) is 45.2 Å². The van der Waals surface area contributed by atoms with Crippen LogP contribution in [0, 0.1) is 19.8 Å². The van der Waals surface area contributed by atoms with E-state index < -0.39 is 0 Å². The molecule has 148 valence electrons. The van der Waals surface area contributed by atoms with Gasteiger partial charge < -0.3 is 14.5 Å². The zero-order valence-electron chi connectivity index (χ0n) is 16.7. The van der Waals surface area contributed by atoms with Crippen LogP contribution in [-0.2, 0) is 20.9 Å². The molecule has 27 heavy (non-hydrogen) atoms. The van der Waals surface area contributed by atoms with Crippen molar-refractivity contribution >= 4 is 11.8 Å². The molecular formula is C21H31N3O3. The standard InChI is InChI=1S/C21H31N3O3/c1-16-10-17(2)12-19(11-16)14-23-4-5-24(15-20(23)25)21(26)18(3)13-22-6-8-27-9-7-22/h10-12,18H,4-9,13-15H2,1-3H3/t18-/m1/s1. The number of hydrogen-bond acceptors (Lipinski definition) is 4. The Morgan fingerprint density at radius 2 is 1.74 bits per heavy atom. The van der Waals surface area contributed by atoms with Crippen LogP contribution in [0.15, 0.2) is 18.2 Å². The van der Waals surface area contributed by atoms with Crippen LogP contribution in [0.4, 0.5) is 0 Å². The third-order valence-corrected chi connectivity index (χ3v) is 5.34. The lowest BCUT2D eigenvalue weighted by Gasteiger charge is -2.36. The van der Waals surface area contributed by atoms with E-state index in [1.165, 1.54) is 11.1 Å². The van der Waals surface area contributed by atoms with E-state index in [1.807, 2.05) is 11.8 Å². The van der Waals surface area contributed by atoms with E-state index >= 15 is 0 Å². The summed E-state index contributed by atoms with van der Waals surface area (Å²) in [5.41, 5.74) is 3.58. The smallest absolute Gasteiger partial charge is 0.242 e. The second kappa shape index (κ2) is 8.85. The van der Waals surface area contributed by atoms with Gasteiger partial charge in [0.1, 0.15) is 0 Å². The van der Waals surface area contributed by atoms with Crippen molar-refractivity contribution in [3.05, 3.63) is 34.9 Å². The van der Waals surface area contributed by atoms with Gasteiger partial charge in [-0.15, -0.1) is 0 Å². The number of nitrogens with zero attached hydrogens (tertiary/aromatic N) is 3. The molecule has 1 aromatic rings. The summed E-state index contributed by atoms with van der Waals surface area (Å²) in [5.74, 6) is 0.0232. The first kappa shape index (κ1) is 19.8. The predicted octanol–water partition coefficient (Wildman–Crippen LogP) is 1.44. The summed E-state index contributed by atoms with van der Waals surface area (Å²) in [7, 11) is 0. The lowest BCUT2D eigenvalue weighted by atomic mass is 10.1. The summed E-state index contributed by atoms with van der Waals surface area (Å²) < 4.78 is 5.36. The molecule has 6 heteroatoms. The Labute approximate surface area is 162 Å². The van der Waals surface area contributed by atoms with Crippen molar-refractivity contribution in [1.29, 1.82) is 0 Å². The van der Waals surface area contributed by atoms with E-state index in [-0.39, 0.29) is 24.3 Å². The van der Waals surface area contributed by atoms with Crippen LogP contribution in [-0.4, -0.2) is 79.0 Å². The molecule has 2 aliphatic heterocycles. The molecule has 0 aromatic heterocycles. The zero-order chi connectivity index (χ0) is 19.4.